The van der Waals surface area contributed by atoms with Crippen LogP contribution in [0.4, 0.5) is 0 Å². The third-order valence-corrected chi connectivity index (χ3v) is 4.55. The molecule has 2 fully saturated rings. The molecule has 2 aliphatic rings. The molecule has 1 aliphatic carbocycles. The highest BCUT2D eigenvalue weighted by Crippen LogP contribution is 2.30. The zero-order valence-corrected chi connectivity index (χ0v) is 13.3. The van der Waals surface area contributed by atoms with E-state index in [0.29, 0.717) is 12.3 Å². The second-order valence-corrected chi connectivity index (χ2v) is 6.00. The van der Waals surface area contributed by atoms with E-state index in [1.807, 2.05) is 0 Å². The topological polar surface area (TPSA) is 50.4 Å². The maximum absolute atomic E-state index is 11.9. The summed E-state index contributed by atoms with van der Waals surface area (Å²) in [7, 11) is 0. The second-order valence-electron chi connectivity index (χ2n) is 6.00. The van der Waals surface area contributed by atoms with Crippen molar-refractivity contribution in [3.05, 3.63) is 0 Å². The zero-order chi connectivity index (χ0) is 13.5. The van der Waals surface area contributed by atoms with Crippen LogP contribution in [-0.4, -0.2) is 38.3 Å². The first kappa shape index (κ1) is 17.7. The van der Waals surface area contributed by atoms with Gasteiger partial charge in [-0.15, -0.1) is 12.4 Å². The van der Waals surface area contributed by atoms with Gasteiger partial charge in [-0.2, -0.15) is 0 Å². The van der Waals surface area contributed by atoms with Crippen LogP contribution >= 0.6 is 12.4 Å². The van der Waals surface area contributed by atoms with Crippen molar-refractivity contribution in [1.29, 1.82) is 0 Å². The second kappa shape index (κ2) is 9.59. The molecule has 0 aromatic heterocycles. The van der Waals surface area contributed by atoms with Crippen LogP contribution in [0.25, 0.3) is 0 Å². The number of ether oxygens (including phenoxy) is 1. The molecule has 0 aromatic carbocycles. The number of amides is 1. The van der Waals surface area contributed by atoms with Gasteiger partial charge in [-0.25, -0.2) is 0 Å². The Morgan fingerprint density at radius 2 is 1.95 bits per heavy atom. The highest BCUT2D eigenvalue weighted by molar-refractivity contribution is 5.85. The number of carbonyl (C=O) groups is 1. The first-order valence-electron chi connectivity index (χ1n) is 7.87. The molecule has 4 nitrogen and oxygen atoms in total. The fourth-order valence-corrected chi connectivity index (χ4v) is 3.13. The Morgan fingerprint density at radius 3 is 2.55 bits per heavy atom. The first-order valence-corrected chi connectivity index (χ1v) is 7.87. The van der Waals surface area contributed by atoms with Gasteiger partial charge in [0.2, 0.25) is 5.91 Å². The van der Waals surface area contributed by atoms with Crippen molar-refractivity contribution < 1.29 is 9.53 Å². The zero-order valence-electron chi connectivity index (χ0n) is 12.5. The number of hydrogen-bond donors (Lipinski definition) is 2. The molecule has 1 aliphatic heterocycles. The van der Waals surface area contributed by atoms with E-state index in [-0.39, 0.29) is 24.4 Å². The van der Waals surface area contributed by atoms with Gasteiger partial charge in [0, 0.05) is 19.6 Å². The summed E-state index contributed by atoms with van der Waals surface area (Å²) in [6, 6.07) is 0. The summed E-state index contributed by atoms with van der Waals surface area (Å²) in [6.45, 7) is 5.56. The number of carbonyl (C=O) groups excluding carboxylic acids is 1. The highest BCUT2D eigenvalue weighted by atomic mass is 35.5. The molecular weight excluding hydrogens is 276 g/mol. The van der Waals surface area contributed by atoms with Crippen molar-refractivity contribution in [2.75, 3.05) is 26.2 Å². The Bertz CT molecular complexity index is 275. The van der Waals surface area contributed by atoms with Gasteiger partial charge in [-0.3, -0.25) is 4.79 Å². The van der Waals surface area contributed by atoms with Gasteiger partial charge in [0.1, 0.15) is 0 Å². The number of hydrogen-bond acceptors (Lipinski definition) is 3. The summed E-state index contributed by atoms with van der Waals surface area (Å²) < 4.78 is 5.55. The molecule has 0 aromatic rings. The lowest BCUT2D eigenvalue weighted by atomic mass is 9.81. The quantitative estimate of drug-likeness (QED) is 0.818. The Morgan fingerprint density at radius 1 is 1.25 bits per heavy atom. The Balaban J connectivity index is 0.00000200. The van der Waals surface area contributed by atoms with Crippen LogP contribution in [0.5, 0.6) is 0 Å². The average Bonchev–Trinajstić information content (AvgIpc) is 2.47. The van der Waals surface area contributed by atoms with Crippen molar-refractivity contribution >= 4 is 18.3 Å². The van der Waals surface area contributed by atoms with Crippen molar-refractivity contribution in [3.63, 3.8) is 0 Å². The first-order chi connectivity index (χ1) is 9.28. The lowest BCUT2D eigenvalue weighted by Gasteiger charge is -2.28. The largest absolute Gasteiger partial charge is 0.375 e. The van der Waals surface area contributed by atoms with Crippen molar-refractivity contribution in [2.24, 2.45) is 11.8 Å². The third-order valence-electron chi connectivity index (χ3n) is 4.55. The molecule has 1 saturated heterocycles. The lowest BCUT2D eigenvalue weighted by molar-refractivity contribution is -0.124. The molecule has 1 amide bonds. The van der Waals surface area contributed by atoms with Crippen LogP contribution < -0.4 is 10.6 Å². The molecule has 5 heteroatoms. The molecule has 2 rings (SSSR count). The van der Waals surface area contributed by atoms with E-state index in [9.17, 15) is 4.79 Å². The monoisotopic (exact) mass is 304 g/mol. The van der Waals surface area contributed by atoms with Crippen molar-refractivity contribution in [2.45, 2.75) is 51.6 Å². The lowest BCUT2D eigenvalue weighted by Crippen LogP contribution is -2.42. The molecule has 118 valence electrons. The smallest absolute Gasteiger partial charge is 0.222 e. The fourth-order valence-electron chi connectivity index (χ4n) is 3.13. The summed E-state index contributed by atoms with van der Waals surface area (Å²) >= 11 is 0. The predicted octanol–water partition coefficient (Wildman–Crippen LogP) is 2.12. The van der Waals surface area contributed by atoms with E-state index in [2.05, 4.69) is 17.6 Å². The van der Waals surface area contributed by atoms with Gasteiger partial charge >= 0.3 is 0 Å². The van der Waals surface area contributed by atoms with E-state index < -0.39 is 0 Å². The van der Waals surface area contributed by atoms with Gasteiger partial charge < -0.3 is 15.4 Å². The number of rotatable bonds is 5. The summed E-state index contributed by atoms with van der Waals surface area (Å²) in [5, 5.41) is 6.34. The fraction of sp³-hybridized carbons (Fsp3) is 0.933. The molecule has 1 atom stereocenters. The van der Waals surface area contributed by atoms with Crippen molar-refractivity contribution in [3.8, 4) is 0 Å². The van der Waals surface area contributed by atoms with E-state index in [1.165, 1.54) is 32.1 Å². The normalized spacial score (nSPS) is 30.4. The molecule has 1 heterocycles. The van der Waals surface area contributed by atoms with E-state index >= 15 is 0 Å². The Kier molecular flexibility index (Phi) is 8.50. The SMILES string of the molecule is CCC1CCC(CNC(=O)CC2CNCCO2)CC1.Cl. The van der Waals surface area contributed by atoms with E-state index in [0.717, 1.165) is 32.2 Å². The van der Waals surface area contributed by atoms with Crippen LogP contribution in [-0.2, 0) is 9.53 Å². The highest BCUT2D eigenvalue weighted by Gasteiger charge is 2.21. The van der Waals surface area contributed by atoms with Crippen LogP contribution in [0.3, 0.4) is 0 Å². The summed E-state index contributed by atoms with van der Waals surface area (Å²) in [6.07, 6.45) is 7.10. The van der Waals surface area contributed by atoms with Gasteiger partial charge in [-0.1, -0.05) is 26.2 Å². The maximum Gasteiger partial charge on any atom is 0.222 e. The molecule has 20 heavy (non-hydrogen) atoms. The summed E-state index contributed by atoms with van der Waals surface area (Å²) in [4.78, 5) is 11.9. The summed E-state index contributed by atoms with van der Waals surface area (Å²) in [5.41, 5.74) is 0. The molecular formula is C15H29ClN2O2. The van der Waals surface area contributed by atoms with E-state index in [4.69, 9.17) is 4.74 Å². The molecule has 1 saturated carbocycles. The Hall–Kier alpha value is -0.320. The van der Waals surface area contributed by atoms with Gasteiger partial charge in [-0.05, 0) is 24.7 Å². The predicted molar refractivity (Wildman–Crippen MR) is 83.2 cm³/mol. The number of halogens is 1. The van der Waals surface area contributed by atoms with Crippen LogP contribution in [0.15, 0.2) is 0 Å². The van der Waals surface area contributed by atoms with Gasteiger partial charge in [0.05, 0.1) is 19.1 Å². The maximum atomic E-state index is 11.9. The van der Waals surface area contributed by atoms with Crippen molar-refractivity contribution in [1.82, 2.24) is 10.6 Å². The molecule has 1 unspecified atom stereocenters. The van der Waals surface area contributed by atoms with Gasteiger partial charge in [0.15, 0.2) is 0 Å². The number of nitrogens with one attached hydrogen (secondary N) is 2. The Labute approximate surface area is 128 Å². The minimum absolute atomic E-state index is 0. The minimum Gasteiger partial charge on any atom is -0.375 e. The third kappa shape index (κ3) is 5.98. The average molecular weight is 305 g/mol. The van der Waals surface area contributed by atoms with E-state index in [1.54, 1.807) is 0 Å². The molecule has 0 spiro atoms. The van der Waals surface area contributed by atoms with Crippen LogP contribution in [0, 0.1) is 11.8 Å². The minimum atomic E-state index is 0. The van der Waals surface area contributed by atoms with Gasteiger partial charge in [0.25, 0.3) is 0 Å². The molecule has 0 radical (unpaired) electrons. The van der Waals surface area contributed by atoms with Crippen LogP contribution in [0.1, 0.15) is 45.4 Å². The number of morpholine rings is 1. The standard InChI is InChI=1S/C15H28N2O2.ClH/c1-2-12-3-5-13(6-4-12)10-17-15(18)9-14-11-16-7-8-19-14;/h12-14,16H,2-11H2,1H3,(H,17,18);1H. The summed E-state index contributed by atoms with van der Waals surface area (Å²) in [5.74, 6) is 1.76. The molecule has 2 N–H and O–H groups in total. The molecule has 0 bridgehead atoms. The van der Waals surface area contributed by atoms with Crippen LogP contribution in [0.2, 0.25) is 0 Å².